The van der Waals surface area contributed by atoms with E-state index in [0.29, 0.717) is 17.3 Å². The van der Waals surface area contributed by atoms with Crippen molar-refractivity contribution < 1.29 is 0 Å². The van der Waals surface area contributed by atoms with Crippen LogP contribution in [0.4, 0.5) is 11.9 Å². The molecule has 0 atom stereocenters. The van der Waals surface area contributed by atoms with Crippen LogP contribution >= 0.6 is 11.6 Å². The van der Waals surface area contributed by atoms with Gasteiger partial charge in [-0.2, -0.15) is 15.0 Å². The molecule has 2 heterocycles. The number of hydrogen-bond acceptors (Lipinski definition) is 5. The molecule has 0 aromatic carbocycles. The van der Waals surface area contributed by atoms with E-state index >= 15 is 0 Å². The first-order chi connectivity index (χ1) is 8.37. The monoisotopic (exact) mass is 269 g/mol. The summed E-state index contributed by atoms with van der Waals surface area (Å²) in [4.78, 5) is 16.9. The first kappa shape index (κ1) is 13.3. The lowest BCUT2D eigenvalue weighted by atomic mass is 9.84. The van der Waals surface area contributed by atoms with E-state index in [4.69, 9.17) is 11.6 Å². The summed E-state index contributed by atoms with van der Waals surface area (Å²) in [5, 5.41) is 0.257. The Balaban J connectivity index is 2.27. The van der Waals surface area contributed by atoms with E-state index in [1.807, 2.05) is 19.0 Å². The van der Waals surface area contributed by atoms with E-state index in [1.165, 1.54) is 6.42 Å². The van der Waals surface area contributed by atoms with E-state index in [-0.39, 0.29) is 5.28 Å². The average molecular weight is 270 g/mol. The maximum Gasteiger partial charge on any atom is 0.231 e. The maximum absolute atomic E-state index is 5.97. The highest BCUT2D eigenvalue weighted by atomic mass is 35.5. The zero-order chi connectivity index (χ0) is 13.3. The predicted molar refractivity (Wildman–Crippen MR) is 74.4 cm³/mol. The third-order valence-corrected chi connectivity index (χ3v) is 3.34. The maximum atomic E-state index is 5.97. The molecule has 0 bridgehead atoms. The minimum absolute atomic E-state index is 0.257. The lowest BCUT2D eigenvalue weighted by molar-refractivity contribution is 0.291. The molecule has 0 spiro atoms. The zero-order valence-electron chi connectivity index (χ0n) is 11.4. The molecule has 1 aliphatic heterocycles. The van der Waals surface area contributed by atoms with E-state index in [9.17, 15) is 0 Å². The molecule has 1 fully saturated rings. The van der Waals surface area contributed by atoms with Crippen LogP contribution in [-0.4, -0.2) is 42.1 Å². The van der Waals surface area contributed by atoms with Gasteiger partial charge in [0, 0.05) is 27.2 Å². The van der Waals surface area contributed by atoms with Crippen LogP contribution in [-0.2, 0) is 0 Å². The van der Waals surface area contributed by atoms with Gasteiger partial charge in [-0.3, -0.25) is 0 Å². The fourth-order valence-electron chi connectivity index (χ4n) is 2.26. The summed E-state index contributed by atoms with van der Waals surface area (Å²) < 4.78 is 0. The molecule has 6 heteroatoms. The molecule has 0 amide bonds. The fraction of sp³-hybridized carbons (Fsp3) is 0.750. The van der Waals surface area contributed by atoms with Crippen molar-refractivity contribution in [2.75, 3.05) is 37.0 Å². The van der Waals surface area contributed by atoms with Crippen LogP contribution in [0.1, 0.15) is 26.7 Å². The standard InChI is InChI=1S/C12H20ClN5/c1-12(2)6-5-7-18(8-12)11-15-9(13)14-10(16-11)17(3)4/h5-8H2,1-4H3. The van der Waals surface area contributed by atoms with E-state index in [1.54, 1.807) is 0 Å². The van der Waals surface area contributed by atoms with E-state index in [2.05, 4.69) is 33.7 Å². The predicted octanol–water partition coefficient (Wildman–Crippen LogP) is 2.22. The second-order valence-corrected chi connectivity index (χ2v) is 6.13. The Hall–Kier alpha value is -1.10. The van der Waals surface area contributed by atoms with Crippen molar-refractivity contribution >= 4 is 23.5 Å². The third-order valence-electron chi connectivity index (χ3n) is 3.17. The van der Waals surface area contributed by atoms with Crippen molar-refractivity contribution in [3.63, 3.8) is 0 Å². The van der Waals surface area contributed by atoms with Crippen molar-refractivity contribution in [3.8, 4) is 0 Å². The summed E-state index contributed by atoms with van der Waals surface area (Å²) in [5.74, 6) is 1.29. The number of hydrogen-bond donors (Lipinski definition) is 0. The molecule has 1 saturated heterocycles. The smallest absolute Gasteiger partial charge is 0.231 e. The van der Waals surface area contributed by atoms with Crippen molar-refractivity contribution in [3.05, 3.63) is 5.28 Å². The number of halogens is 1. The summed E-state index contributed by atoms with van der Waals surface area (Å²) in [6.07, 6.45) is 2.40. The van der Waals surface area contributed by atoms with Crippen LogP contribution < -0.4 is 9.80 Å². The van der Waals surface area contributed by atoms with Gasteiger partial charge in [0.25, 0.3) is 0 Å². The molecule has 0 radical (unpaired) electrons. The number of piperidine rings is 1. The molecule has 0 N–H and O–H groups in total. The zero-order valence-corrected chi connectivity index (χ0v) is 12.2. The fourth-order valence-corrected chi connectivity index (χ4v) is 2.42. The second kappa shape index (κ2) is 4.88. The van der Waals surface area contributed by atoms with Crippen LogP contribution in [0.15, 0.2) is 0 Å². The molecule has 5 nitrogen and oxygen atoms in total. The quantitative estimate of drug-likeness (QED) is 0.824. The Bertz CT molecular complexity index is 432. The van der Waals surface area contributed by atoms with Crippen LogP contribution in [0.3, 0.4) is 0 Å². The lowest BCUT2D eigenvalue weighted by Crippen LogP contribution is -2.41. The average Bonchev–Trinajstić information content (AvgIpc) is 2.26. The summed E-state index contributed by atoms with van der Waals surface area (Å²) in [7, 11) is 3.80. The van der Waals surface area contributed by atoms with Gasteiger partial charge in [0.1, 0.15) is 0 Å². The highest BCUT2D eigenvalue weighted by molar-refractivity contribution is 6.28. The molecule has 0 aliphatic carbocycles. The topological polar surface area (TPSA) is 45.2 Å². The Morgan fingerprint density at radius 3 is 2.56 bits per heavy atom. The SMILES string of the molecule is CN(C)c1nc(Cl)nc(N2CCCC(C)(C)C2)n1. The Kier molecular flexibility index (Phi) is 3.61. The highest BCUT2D eigenvalue weighted by Crippen LogP contribution is 2.30. The van der Waals surface area contributed by atoms with Crippen LogP contribution in [0, 0.1) is 5.41 Å². The van der Waals surface area contributed by atoms with Gasteiger partial charge in [-0.25, -0.2) is 0 Å². The van der Waals surface area contributed by atoms with Gasteiger partial charge in [-0.1, -0.05) is 13.8 Å². The Morgan fingerprint density at radius 2 is 1.94 bits per heavy atom. The van der Waals surface area contributed by atoms with E-state index in [0.717, 1.165) is 19.5 Å². The van der Waals surface area contributed by atoms with Gasteiger partial charge in [-0.05, 0) is 29.9 Å². The van der Waals surface area contributed by atoms with Crippen molar-refractivity contribution in [2.24, 2.45) is 5.41 Å². The highest BCUT2D eigenvalue weighted by Gasteiger charge is 2.28. The summed E-state index contributed by atoms with van der Waals surface area (Å²) in [5.41, 5.74) is 0.301. The molecule has 2 rings (SSSR count). The third kappa shape index (κ3) is 3.02. The number of aromatic nitrogens is 3. The number of anilines is 2. The Labute approximate surface area is 113 Å². The first-order valence-electron chi connectivity index (χ1n) is 6.21. The van der Waals surface area contributed by atoms with Crippen molar-refractivity contribution in [2.45, 2.75) is 26.7 Å². The summed E-state index contributed by atoms with van der Waals surface area (Å²) in [6.45, 7) is 6.49. The minimum atomic E-state index is 0.257. The molecule has 0 saturated carbocycles. The molecule has 100 valence electrons. The summed E-state index contributed by atoms with van der Waals surface area (Å²) >= 11 is 5.97. The van der Waals surface area contributed by atoms with Crippen molar-refractivity contribution in [1.29, 1.82) is 0 Å². The lowest BCUT2D eigenvalue weighted by Gasteiger charge is -2.38. The van der Waals surface area contributed by atoms with Crippen LogP contribution in [0.5, 0.6) is 0 Å². The van der Waals surface area contributed by atoms with Gasteiger partial charge in [0.05, 0.1) is 0 Å². The van der Waals surface area contributed by atoms with Gasteiger partial charge < -0.3 is 9.80 Å². The second-order valence-electron chi connectivity index (χ2n) is 5.79. The first-order valence-corrected chi connectivity index (χ1v) is 6.59. The molecule has 0 unspecified atom stereocenters. The summed E-state index contributed by atoms with van der Waals surface area (Å²) in [6, 6.07) is 0. The van der Waals surface area contributed by atoms with Crippen molar-refractivity contribution in [1.82, 2.24) is 15.0 Å². The molecule has 1 aliphatic rings. The van der Waals surface area contributed by atoms with Crippen LogP contribution in [0.2, 0.25) is 5.28 Å². The molecular formula is C12H20ClN5. The normalized spacial score (nSPS) is 18.8. The minimum Gasteiger partial charge on any atom is -0.347 e. The largest absolute Gasteiger partial charge is 0.347 e. The molecular weight excluding hydrogens is 250 g/mol. The molecule has 1 aromatic heterocycles. The number of nitrogens with zero attached hydrogens (tertiary/aromatic N) is 5. The molecule has 1 aromatic rings. The van der Waals surface area contributed by atoms with Gasteiger partial charge in [0.2, 0.25) is 17.2 Å². The van der Waals surface area contributed by atoms with Gasteiger partial charge >= 0.3 is 0 Å². The molecule has 18 heavy (non-hydrogen) atoms. The van der Waals surface area contributed by atoms with E-state index < -0.39 is 0 Å². The Morgan fingerprint density at radius 1 is 1.22 bits per heavy atom. The van der Waals surface area contributed by atoms with Gasteiger partial charge in [0.15, 0.2) is 0 Å². The van der Waals surface area contributed by atoms with Crippen LogP contribution in [0.25, 0.3) is 0 Å². The van der Waals surface area contributed by atoms with Gasteiger partial charge in [-0.15, -0.1) is 0 Å². The number of rotatable bonds is 2.